The Morgan fingerprint density at radius 1 is 1.33 bits per heavy atom. The molecular weight excluding hydrogens is 252 g/mol. The largest absolute Gasteiger partial charge is 0.346 e. The van der Waals surface area contributed by atoms with Gasteiger partial charge in [0.25, 0.3) is 0 Å². The lowest BCUT2D eigenvalue weighted by atomic mass is 10.2. The van der Waals surface area contributed by atoms with Gasteiger partial charge in [0, 0.05) is 34.7 Å². The van der Waals surface area contributed by atoms with Crippen LogP contribution in [-0.2, 0) is 13.6 Å². The molecule has 0 spiro atoms. The van der Waals surface area contributed by atoms with Crippen molar-refractivity contribution < 1.29 is 0 Å². The van der Waals surface area contributed by atoms with E-state index in [-0.39, 0.29) is 0 Å². The highest BCUT2D eigenvalue weighted by Crippen LogP contribution is 2.26. The minimum absolute atomic E-state index is 0.970. The van der Waals surface area contributed by atoms with Gasteiger partial charge in [-0.15, -0.1) is 0 Å². The first-order chi connectivity index (χ1) is 7.09. The molecule has 2 nitrogen and oxygen atoms in total. The topological polar surface area (TPSA) is 8.17 Å². The SMILES string of the molecule is CN(C)Cc1cc2c(Br)cccc2n1C. The fourth-order valence-electron chi connectivity index (χ4n) is 1.85. The average Bonchev–Trinajstić information content (AvgIpc) is 2.46. The lowest BCUT2D eigenvalue weighted by molar-refractivity contribution is 0.392. The van der Waals surface area contributed by atoms with Crippen LogP contribution in [0.4, 0.5) is 0 Å². The van der Waals surface area contributed by atoms with E-state index in [4.69, 9.17) is 0 Å². The van der Waals surface area contributed by atoms with Crippen LogP contribution >= 0.6 is 15.9 Å². The summed E-state index contributed by atoms with van der Waals surface area (Å²) in [4.78, 5) is 2.18. The second-order valence-corrected chi connectivity index (χ2v) is 4.96. The van der Waals surface area contributed by atoms with Crippen molar-refractivity contribution in [2.24, 2.45) is 7.05 Å². The molecule has 1 heterocycles. The zero-order valence-corrected chi connectivity index (χ0v) is 10.9. The van der Waals surface area contributed by atoms with E-state index in [1.165, 1.54) is 21.1 Å². The Bertz CT molecular complexity index is 486. The molecule has 0 saturated carbocycles. The summed E-state index contributed by atoms with van der Waals surface area (Å²) in [6.07, 6.45) is 0. The van der Waals surface area contributed by atoms with Crippen LogP contribution in [0.2, 0.25) is 0 Å². The summed E-state index contributed by atoms with van der Waals surface area (Å²) in [5.74, 6) is 0. The molecule has 3 heteroatoms. The van der Waals surface area contributed by atoms with E-state index < -0.39 is 0 Å². The Labute approximate surface area is 98.6 Å². The van der Waals surface area contributed by atoms with Crippen LogP contribution in [0, 0.1) is 0 Å². The van der Waals surface area contributed by atoms with Gasteiger partial charge in [-0.25, -0.2) is 0 Å². The number of hydrogen-bond acceptors (Lipinski definition) is 1. The summed E-state index contributed by atoms with van der Waals surface area (Å²) in [6, 6.07) is 8.56. The van der Waals surface area contributed by atoms with Crippen LogP contribution in [0.1, 0.15) is 5.69 Å². The molecule has 1 aromatic carbocycles. The van der Waals surface area contributed by atoms with Crippen LogP contribution in [0.3, 0.4) is 0 Å². The number of fused-ring (bicyclic) bond motifs is 1. The molecule has 80 valence electrons. The summed E-state index contributed by atoms with van der Waals surface area (Å²) in [6.45, 7) is 0.970. The van der Waals surface area contributed by atoms with Crippen molar-refractivity contribution in [3.05, 3.63) is 34.4 Å². The molecule has 0 aliphatic carbocycles. The smallest absolute Gasteiger partial charge is 0.0491 e. The molecule has 0 amide bonds. The molecule has 0 unspecified atom stereocenters. The van der Waals surface area contributed by atoms with Crippen LogP contribution < -0.4 is 0 Å². The van der Waals surface area contributed by atoms with Crippen LogP contribution in [-0.4, -0.2) is 23.6 Å². The molecule has 15 heavy (non-hydrogen) atoms. The van der Waals surface area contributed by atoms with Crippen molar-refractivity contribution >= 4 is 26.8 Å². The molecule has 0 aliphatic heterocycles. The number of benzene rings is 1. The van der Waals surface area contributed by atoms with Gasteiger partial charge in [0.05, 0.1) is 0 Å². The highest BCUT2D eigenvalue weighted by Gasteiger charge is 2.07. The molecule has 2 aromatic rings. The van der Waals surface area contributed by atoms with E-state index in [0.29, 0.717) is 0 Å². The van der Waals surface area contributed by atoms with Crippen molar-refractivity contribution in [1.82, 2.24) is 9.47 Å². The standard InChI is InChI=1S/C12H15BrN2/c1-14(2)8-9-7-10-11(13)5-4-6-12(10)15(9)3/h4-7H,8H2,1-3H3. The lowest BCUT2D eigenvalue weighted by Crippen LogP contribution is -2.13. The van der Waals surface area contributed by atoms with Gasteiger partial charge in [0.1, 0.15) is 0 Å². The Hall–Kier alpha value is -0.800. The molecule has 2 rings (SSSR count). The second kappa shape index (κ2) is 3.99. The van der Waals surface area contributed by atoms with Crippen molar-refractivity contribution in [3.63, 3.8) is 0 Å². The first-order valence-electron chi connectivity index (χ1n) is 4.97. The van der Waals surface area contributed by atoms with Gasteiger partial charge < -0.3 is 9.47 Å². The first-order valence-corrected chi connectivity index (χ1v) is 5.76. The number of halogens is 1. The van der Waals surface area contributed by atoms with E-state index >= 15 is 0 Å². The highest BCUT2D eigenvalue weighted by molar-refractivity contribution is 9.10. The Kier molecular flexibility index (Phi) is 2.85. The maximum atomic E-state index is 3.58. The fraction of sp³-hybridized carbons (Fsp3) is 0.333. The van der Waals surface area contributed by atoms with E-state index in [0.717, 1.165) is 6.54 Å². The maximum absolute atomic E-state index is 3.58. The molecule has 1 aromatic heterocycles. The minimum atomic E-state index is 0.970. The number of aryl methyl sites for hydroxylation is 1. The van der Waals surface area contributed by atoms with Crippen molar-refractivity contribution in [3.8, 4) is 0 Å². The zero-order chi connectivity index (χ0) is 11.0. The predicted molar refractivity (Wildman–Crippen MR) is 68.0 cm³/mol. The zero-order valence-electron chi connectivity index (χ0n) is 9.29. The third-order valence-corrected chi connectivity index (χ3v) is 3.30. The van der Waals surface area contributed by atoms with E-state index in [1.807, 2.05) is 0 Å². The third kappa shape index (κ3) is 1.94. The van der Waals surface area contributed by atoms with Crippen LogP contribution in [0.5, 0.6) is 0 Å². The molecule has 0 atom stereocenters. The van der Waals surface area contributed by atoms with E-state index in [1.54, 1.807) is 0 Å². The Balaban J connectivity index is 2.59. The summed E-state index contributed by atoms with van der Waals surface area (Å²) >= 11 is 3.58. The van der Waals surface area contributed by atoms with Gasteiger partial charge in [0.15, 0.2) is 0 Å². The Morgan fingerprint density at radius 3 is 2.67 bits per heavy atom. The van der Waals surface area contributed by atoms with Crippen LogP contribution in [0.15, 0.2) is 28.7 Å². The predicted octanol–water partition coefficient (Wildman–Crippen LogP) is 3.00. The van der Waals surface area contributed by atoms with Gasteiger partial charge in [-0.3, -0.25) is 0 Å². The van der Waals surface area contributed by atoms with Crippen LogP contribution in [0.25, 0.3) is 10.9 Å². The fourth-order valence-corrected chi connectivity index (χ4v) is 2.33. The number of nitrogens with zero attached hydrogens (tertiary/aromatic N) is 2. The highest BCUT2D eigenvalue weighted by atomic mass is 79.9. The normalized spacial score (nSPS) is 11.5. The first kappa shape index (κ1) is 10.7. The van der Waals surface area contributed by atoms with Crippen molar-refractivity contribution in [1.29, 1.82) is 0 Å². The summed E-state index contributed by atoms with van der Waals surface area (Å²) in [5, 5.41) is 1.29. The lowest BCUT2D eigenvalue weighted by Gasteiger charge is -2.10. The van der Waals surface area contributed by atoms with Gasteiger partial charge in [0.2, 0.25) is 0 Å². The summed E-state index contributed by atoms with van der Waals surface area (Å²) < 4.78 is 3.42. The van der Waals surface area contributed by atoms with E-state index in [2.05, 4.69) is 70.8 Å². The van der Waals surface area contributed by atoms with Crippen molar-refractivity contribution in [2.75, 3.05) is 14.1 Å². The average molecular weight is 267 g/mol. The summed E-state index contributed by atoms with van der Waals surface area (Å²) in [5.41, 5.74) is 2.61. The quantitative estimate of drug-likeness (QED) is 0.812. The molecule has 0 saturated heterocycles. The number of rotatable bonds is 2. The molecular formula is C12H15BrN2. The molecule has 0 N–H and O–H groups in total. The third-order valence-electron chi connectivity index (χ3n) is 2.61. The molecule has 0 bridgehead atoms. The van der Waals surface area contributed by atoms with Gasteiger partial charge in [-0.05, 0) is 32.3 Å². The Morgan fingerprint density at radius 2 is 2.07 bits per heavy atom. The second-order valence-electron chi connectivity index (χ2n) is 4.11. The monoisotopic (exact) mass is 266 g/mol. The maximum Gasteiger partial charge on any atom is 0.0491 e. The number of aromatic nitrogens is 1. The van der Waals surface area contributed by atoms with Gasteiger partial charge in [-0.1, -0.05) is 22.0 Å². The minimum Gasteiger partial charge on any atom is -0.346 e. The van der Waals surface area contributed by atoms with Crippen molar-refractivity contribution in [2.45, 2.75) is 6.54 Å². The molecule has 0 fully saturated rings. The van der Waals surface area contributed by atoms with E-state index in [9.17, 15) is 0 Å². The van der Waals surface area contributed by atoms with Gasteiger partial charge in [-0.2, -0.15) is 0 Å². The number of hydrogen-bond donors (Lipinski definition) is 0. The van der Waals surface area contributed by atoms with Gasteiger partial charge >= 0.3 is 0 Å². The molecule has 0 radical (unpaired) electrons. The molecule has 0 aliphatic rings. The summed E-state index contributed by atoms with van der Waals surface area (Å²) in [7, 11) is 6.30.